The van der Waals surface area contributed by atoms with Crippen LogP contribution in [-0.2, 0) is 28.1 Å². The third kappa shape index (κ3) is 4.70. The van der Waals surface area contributed by atoms with Crippen LogP contribution in [0.15, 0.2) is 24.3 Å². The van der Waals surface area contributed by atoms with E-state index in [1.807, 2.05) is 0 Å². The standard InChI is InChI=1S/C10H14N2O5S/c1-17-10(14)12-18(15,16)11-6-8-3-2-4-9(5-8)7-13/h2-5,11,13H,6-7H2,1H3,(H,12,14). The number of aliphatic hydroxyl groups excluding tert-OH is 1. The maximum absolute atomic E-state index is 11.4. The fourth-order valence-electron chi connectivity index (χ4n) is 1.20. The molecular weight excluding hydrogens is 260 g/mol. The summed E-state index contributed by atoms with van der Waals surface area (Å²) in [5.74, 6) is 0. The Morgan fingerprint density at radius 1 is 1.39 bits per heavy atom. The number of amides is 1. The molecular formula is C10H14N2O5S. The van der Waals surface area contributed by atoms with Crippen molar-refractivity contribution in [2.24, 2.45) is 0 Å². The Hall–Kier alpha value is -1.64. The molecule has 0 radical (unpaired) electrons. The number of hydrogen-bond acceptors (Lipinski definition) is 5. The van der Waals surface area contributed by atoms with Crippen LogP contribution < -0.4 is 9.44 Å². The Bertz CT molecular complexity index is 515. The number of ether oxygens (including phenoxy) is 1. The van der Waals surface area contributed by atoms with Gasteiger partial charge in [0, 0.05) is 6.54 Å². The Labute approximate surface area is 105 Å². The van der Waals surface area contributed by atoms with Crippen LogP contribution in [0.5, 0.6) is 0 Å². The van der Waals surface area contributed by atoms with Crippen LogP contribution in [0.2, 0.25) is 0 Å². The van der Waals surface area contributed by atoms with Gasteiger partial charge in [-0.3, -0.25) is 0 Å². The number of carbonyl (C=O) groups excluding carboxylic acids is 1. The van der Waals surface area contributed by atoms with Crippen molar-refractivity contribution >= 4 is 16.3 Å². The van der Waals surface area contributed by atoms with Crippen LogP contribution >= 0.6 is 0 Å². The molecule has 0 spiro atoms. The van der Waals surface area contributed by atoms with E-state index in [2.05, 4.69) is 9.46 Å². The minimum atomic E-state index is -3.95. The molecule has 1 rings (SSSR count). The van der Waals surface area contributed by atoms with Crippen LogP contribution in [0, 0.1) is 0 Å². The van der Waals surface area contributed by atoms with Crippen molar-refractivity contribution in [3.63, 3.8) is 0 Å². The third-order valence-corrected chi connectivity index (χ3v) is 3.00. The number of benzene rings is 1. The van der Waals surface area contributed by atoms with Crippen molar-refractivity contribution in [1.82, 2.24) is 9.44 Å². The lowest BCUT2D eigenvalue weighted by atomic mass is 10.1. The van der Waals surface area contributed by atoms with Crippen molar-refractivity contribution in [2.75, 3.05) is 7.11 Å². The molecule has 8 heteroatoms. The van der Waals surface area contributed by atoms with Crippen LogP contribution in [-0.4, -0.2) is 26.7 Å². The van der Waals surface area contributed by atoms with E-state index in [1.165, 1.54) is 0 Å². The molecule has 0 unspecified atom stereocenters. The van der Waals surface area contributed by atoms with Crippen LogP contribution in [0.25, 0.3) is 0 Å². The molecule has 100 valence electrons. The summed E-state index contributed by atoms with van der Waals surface area (Å²) in [6.07, 6.45) is -1.06. The number of hydrogen-bond donors (Lipinski definition) is 3. The fourth-order valence-corrected chi connectivity index (χ4v) is 1.94. The first-order valence-corrected chi connectivity index (χ1v) is 6.49. The molecule has 0 saturated carbocycles. The number of methoxy groups -OCH3 is 1. The molecule has 0 aliphatic carbocycles. The maximum atomic E-state index is 11.4. The lowest BCUT2D eigenvalue weighted by Gasteiger charge is -2.08. The van der Waals surface area contributed by atoms with Crippen molar-refractivity contribution < 1.29 is 23.1 Å². The zero-order valence-electron chi connectivity index (χ0n) is 9.71. The van der Waals surface area contributed by atoms with Gasteiger partial charge in [0.1, 0.15) is 0 Å². The maximum Gasteiger partial charge on any atom is 0.421 e. The fraction of sp³-hybridized carbons (Fsp3) is 0.300. The SMILES string of the molecule is COC(=O)NS(=O)(=O)NCc1cccc(CO)c1. The lowest BCUT2D eigenvalue weighted by molar-refractivity contribution is 0.177. The summed E-state index contributed by atoms with van der Waals surface area (Å²) in [6.45, 7) is -0.124. The van der Waals surface area contributed by atoms with E-state index in [9.17, 15) is 13.2 Å². The minimum Gasteiger partial charge on any atom is -0.452 e. The summed E-state index contributed by atoms with van der Waals surface area (Å²) in [5.41, 5.74) is 1.34. The van der Waals surface area contributed by atoms with Gasteiger partial charge in [-0.1, -0.05) is 24.3 Å². The first kappa shape index (κ1) is 14.4. The molecule has 1 aromatic rings. The smallest absolute Gasteiger partial charge is 0.421 e. The van der Waals surface area contributed by atoms with Gasteiger partial charge in [-0.2, -0.15) is 13.1 Å². The molecule has 3 N–H and O–H groups in total. The molecule has 0 aliphatic heterocycles. The van der Waals surface area contributed by atoms with Gasteiger partial charge < -0.3 is 9.84 Å². The molecule has 0 heterocycles. The van der Waals surface area contributed by atoms with Crippen molar-refractivity contribution in [3.8, 4) is 0 Å². The third-order valence-electron chi connectivity index (χ3n) is 2.04. The van der Waals surface area contributed by atoms with Gasteiger partial charge in [-0.15, -0.1) is 0 Å². The van der Waals surface area contributed by atoms with Gasteiger partial charge in [-0.25, -0.2) is 9.52 Å². The molecule has 0 saturated heterocycles. The molecule has 0 aromatic heterocycles. The zero-order chi connectivity index (χ0) is 13.6. The van der Waals surface area contributed by atoms with E-state index >= 15 is 0 Å². The van der Waals surface area contributed by atoms with Crippen LogP contribution in [0.4, 0.5) is 4.79 Å². The molecule has 1 aromatic carbocycles. The molecule has 1 amide bonds. The molecule has 0 atom stereocenters. The monoisotopic (exact) mass is 274 g/mol. The zero-order valence-corrected chi connectivity index (χ0v) is 10.5. The second-order valence-corrected chi connectivity index (χ2v) is 4.90. The largest absolute Gasteiger partial charge is 0.452 e. The van der Waals surface area contributed by atoms with Crippen molar-refractivity contribution in [3.05, 3.63) is 35.4 Å². The second kappa shape index (κ2) is 6.34. The number of carbonyl (C=O) groups is 1. The number of rotatable bonds is 5. The van der Waals surface area contributed by atoms with Gasteiger partial charge >= 0.3 is 16.3 Å². The average Bonchev–Trinajstić information content (AvgIpc) is 2.36. The van der Waals surface area contributed by atoms with Gasteiger partial charge in [0.2, 0.25) is 0 Å². The lowest BCUT2D eigenvalue weighted by Crippen LogP contribution is -2.39. The second-order valence-electron chi connectivity index (χ2n) is 3.40. The van der Waals surface area contributed by atoms with Crippen LogP contribution in [0.3, 0.4) is 0 Å². The average molecular weight is 274 g/mol. The van der Waals surface area contributed by atoms with Gasteiger partial charge in [0.05, 0.1) is 13.7 Å². The van der Waals surface area contributed by atoms with Gasteiger partial charge in [-0.05, 0) is 11.1 Å². The highest BCUT2D eigenvalue weighted by Crippen LogP contribution is 2.05. The van der Waals surface area contributed by atoms with E-state index in [0.29, 0.717) is 11.1 Å². The molecule has 18 heavy (non-hydrogen) atoms. The number of nitrogens with one attached hydrogen (secondary N) is 2. The van der Waals surface area contributed by atoms with E-state index in [0.717, 1.165) is 7.11 Å². The van der Waals surface area contributed by atoms with E-state index in [1.54, 1.807) is 29.0 Å². The van der Waals surface area contributed by atoms with E-state index in [4.69, 9.17) is 5.11 Å². The van der Waals surface area contributed by atoms with Gasteiger partial charge in [0.25, 0.3) is 0 Å². The molecule has 7 nitrogen and oxygen atoms in total. The Morgan fingerprint density at radius 2 is 2.06 bits per heavy atom. The normalized spacial score (nSPS) is 11.0. The van der Waals surface area contributed by atoms with Crippen LogP contribution in [0.1, 0.15) is 11.1 Å². The molecule has 0 aliphatic rings. The van der Waals surface area contributed by atoms with Crippen molar-refractivity contribution in [2.45, 2.75) is 13.2 Å². The van der Waals surface area contributed by atoms with Crippen molar-refractivity contribution in [1.29, 1.82) is 0 Å². The highest BCUT2D eigenvalue weighted by molar-refractivity contribution is 7.88. The van der Waals surface area contributed by atoms with Gasteiger partial charge in [0.15, 0.2) is 0 Å². The quantitative estimate of drug-likeness (QED) is 0.693. The van der Waals surface area contributed by atoms with E-state index < -0.39 is 16.3 Å². The first-order valence-electron chi connectivity index (χ1n) is 5.01. The highest BCUT2D eigenvalue weighted by atomic mass is 32.2. The Kier molecular flexibility index (Phi) is 5.08. The summed E-state index contributed by atoms with van der Waals surface area (Å²) >= 11 is 0. The summed E-state index contributed by atoms with van der Waals surface area (Å²) < 4.78 is 30.7. The number of aliphatic hydroxyl groups is 1. The summed E-state index contributed by atoms with van der Waals surface area (Å²) in [6, 6.07) is 6.76. The predicted molar refractivity (Wildman–Crippen MR) is 63.7 cm³/mol. The first-order chi connectivity index (χ1) is 8.46. The summed E-state index contributed by atoms with van der Waals surface area (Å²) in [4.78, 5) is 10.8. The Balaban J connectivity index is 2.61. The highest BCUT2D eigenvalue weighted by Gasteiger charge is 2.13. The predicted octanol–water partition coefficient (Wildman–Crippen LogP) is -0.131. The summed E-state index contributed by atoms with van der Waals surface area (Å²) in [7, 11) is -2.88. The Morgan fingerprint density at radius 3 is 2.67 bits per heavy atom. The minimum absolute atomic E-state index is 0.000166. The topological polar surface area (TPSA) is 105 Å². The molecule has 0 fully saturated rings. The molecule has 0 bridgehead atoms. The summed E-state index contributed by atoms with van der Waals surface area (Å²) in [5, 5.41) is 8.93. The van der Waals surface area contributed by atoms with E-state index in [-0.39, 0.29) is 13.2 Å².